The Labute approximate surface area is 147 Å². The van der Waals surface area contributed by atoms with Gasteiger partial charge in [-0.05, 0) is 37.8 Å². The SMILES string of the molecule is COCCNC(=O)c1ccccc1NCC(=O)NC(C)(C#N)C1CC1. The lowest BCUT2D eigenvalue weighted by molar-refractivity contribution is -0.120. The summed E-state index contributed by atoms with van der Waals surface area (Å²) in [6.07, 6.45) is 1.92. The maximum atomic E-state index is 12.2. The molecule has 0 radical (unpaired) electrons. The number of hydrogen-bond acceptors (Lipinski definition) is 5. The molecule has 0 bridgehead atoms. The molecule has 0 heterocycles. The van der Waals surface area contributed by atoms with E-state index in [4.69, 9.17) is 4.74 Å². The fourth-order valence-electron chi connectivity index (χ4n) is 2.59. The van der Waals surface area contributed by atoms with E-state index in [1.807, 2.05) is 0 Å². The Morgan fingerprint density at radius 3 is 2.72 bits per heavy atom. The predicted octanol–water partition coefficient (Wildman–Crippen LogP) is 1.28. The second-order valence-electron chi connectivity index (χ2n) is 6.28. The van der Waals surface area contributed by atoms with Crippen LogP contribution in [0, 0.1) is 17.2 Å². The van der Waals surface area contributed by atoms with Gasteiger partial charge in [0.15, 0.2) is 0 Å². The molecule has 1 unspecified atom stereocenters. The number of nitrogens with zero attached hydrogens (tertiary/aromatic N) is 1. The molecule has 3 N–H and O–H groups in total. The normalized spacial score (nSPS) is 15.6. The van der Waals surface area contributed by atoms with Crippen LogP contribution in [0.4, 0.5) is 5.69 Å². The summed E-state index contributed by atoms with van der Waals surface area (Å²) >= 11 is 0. The number of amides is 2. The molecule has 7 nitrogen and oxygen atoms in total. The van der Waals surface area contributed by atoms with Crippen LogP contribution in [-0.4, -0.2) is 44.2 Å². The highest BCUT2D eigenvalue weighted by Crippen LogP contribution is 2.39. The van der Waals surface area contributed by atoms with Crippen molar-refractivity contribution >= 4 is 17.5 Å². The molecule has 1 aromatic rings. The van der Waals surface area contributed by atoms with Crippen LogP contribution in [0.5, 0.6) is 0 Å². The van der Waals surface area contributed by atoms with E-state index < -0.39 is 5.54 Å². The van der Waals surface area contributed by atoms with Crippen molar-refractivity contribution in [2.75, 3.05) is 32.1 Å². The molecule has 1 saturated carbocycles. The van der Waals surface area contributed by atoms with Gasteiger partial charge in [-0.15, -0.1) is 0 Å². The molecule has 1 aromatic carbocycles. The molecular weight excluding hydrogens is 320 g/mol. The highest BCUT2D eigenvalue weighted by Gasteiger charge is 2.42. The molecule has 0 saturated heterocycles. The largest absolute Gasteiger partial charge is 0.383 e. The Hall–Kier alpha value is -2.59. The smallest absolute Gasteiger partial charge is 0.253 e. The number of carbonyl (C=O) groups excluding carboxylic acids is 2. The summed E-state index contributed by atoms with van der Waals surface area (Å²) in [5.74, 6) is -0.286. The molecule has 1 atom stereocenters. The molecule has 2 rings (SSSR count). The fraction of sp³-hybridized carbons (Fsp3) is 0.500. The Morgan fingerprint density at radius 2 is 2.08 bits per heavy atom. The van der Waals surface area contributed by atoms with Crippen molar-refractivity contribution in [1.29, 1.82) is 5.26 Å². The van der Waals surface area contributed by atoms with Gasteiger partial charge >= 0.3 is 0 Å². The van der Waals surface area contributed by atoms with Gasteiger partial charge in [-0.2, -0.15) is 5.26 Å². The molecule has 1 fully saturated rings. The van der Waals surface area contributed by atoms with Gasteiger partial charge in [0.05, 0.1) is 24.8 Å². The summed E-state index contributed by atoms with van der Waals surface area (Å²) in [6, 6.07) is 9.17. The topological polar surface area (TPSA) is 103 Å². The van der Waals surface area contributed by atoms with Crippen LogP contribution in [0.15, 0.2) is 24.3 Å². The molecule has 7 heteroatoms. The quantitative estimate of drug-likeness (QED) is 0.586. The number of para-hydroxylation sites is 1. The second-order valence-corrected chi connectivity index (χ2v) is 6.28. The lowest BCUT2D eigenvalue weighted by Gasteiger charge is -2.23. The maximum absolute atomic E-state index is 12.2. The predicted molar refractivity (Wildman–Crippen MR) is 94.0 cm³/mol. The minimum atomic E-state index is -0.824. The van der Waals surface area contributed by atoms with Crippen LogP contribution in [0.25, 0.3) is 0 Å². The summed E-state index contributed by atoms with van der Waals surface area (Å²) in [7, 11) is 1.57. The monoisotopic (exact) mass is 344 g/mol. The highest BCUT2D eigenvalue weighted by atomic mass is 16.5. The summed E-state index contributed by atoms with van der Waals surface area (Å²) in [4.78, 5) is 24.4. The summed E-state index contributed by atoms with van der Waals surface area (Å²) in [5.41, 5.74) is 0.199. The van der Waals surface area contributed by atoms with Crippen LogP contribution in [-0.2, 0) is 9.53 Å². The average Bonchev–Trinajstić information content (AvgIpc) is 3.46. The summed E-state index contributed by atoms with van der Waals surface area (Å²) in [6.45, 7) is 2.58. The number of ether oxygens (including phenoxy) is 1. The lowest BCUT2D eigenvalue weighted by atomic mass is 9.98. The zero-order chi connectivity index (χ0) is 18.3. The van der Waals surface area contributed by atoms with Crippen molar-refractivity contribution in [3.05, 3.63) is 29.8 Å². The first-order valence-electron chi connectivity index (χ1n) is 8.32. The van der Waals surface area contributed by atoms with Crippen LogP contribution in [0.1, 0.15) is 30.1 Å². The van der Waals surface area contributed by atoms with E-state index in [0.717, 1.165) is 12.8 Å². The number of rotatable bonds is 9. The molecule has 2 amide bonds. The van der Waals surface area contributed by atoms with Crippen LogP contribution < -0.4 is 16.0 Å². The summed E-state index contributed by atoms with van der Waals surface area (Å²) < 4.78 is 4.91. The van der Waals surface area contributed by atoms with Gasteiger partial charge in [0.1, 0.15) is 5.54 Å². The van der Waals surface area contributed by atoms with Gasteiger partial charge in [0.2, 0.25) is 5.91 Å². The number of hydrogen-bond donors (Lipinski definition) is 3. The average molecular weight is 344 g/mol. The van der Waals surface area contributed by atoms with Gasteiger partial charge in [0, 0.05) is 19.3 Å². The summed E-state index contributed by atoms with van der Waals surface area (Å²) in [5, 5.41) is 17.8. The fourth-order valence-corrected chi connectivity index (χ4v) is 2.59. The van der Waals surface area contributed by atoms with Crippen molar-refractivity contribution in [2.24, 2.45) is 5.92 Å². The maximum Gasteiger partial charge on any atom is 0.253 e. The molecule has 134 valence electrons. The zero-order valence-corrected chi connectivity index (χ0v) is 14.6. The van der Waals surface area contributed by atoms with E-state index >= 15 is 0 Å². The van der Waals surface area contributed by atoms with Gasteiger partial charge in [-0.1, -0.05) is 12.1 Å². The van der Waals surface area contributed by atoms with E-state index in [-0.39, 0.29) is 24.3 Å². The number of nitriles is 1. The third-order valence-corrected chi connectivity index (χ3v) is 4.23. The third-order valence-electron chi connectivity index (χ3n) is 4.23. The Balaban J connectivity index is 1.93. The zero-order valence-electron chi connectivity index (χ0n) is 14.6. The Kier molecular flexibility index (Phi) is 6.37. The van der Waals surface area contributed by atoms with E-state index in [1.54, 1.807) is 38.3 Å². The second kappa shape index (κ2) is 8.49. The highest BCUT2D eigenvalue weighted by molar-refractivity contribution is 6.00. The minimum Gasteiger partial charge on any atom is -0.383 e. The molecule has 0 aliphatic heterocycles. The van der Waals surface area contributed by atoms with Crippen molar-refractivity contribution in [2.45, 2.75) is 25.3 Å². The molecule has 0 spiro atoms. The number of methoxy groups -OCH3 is 1. The number of anilines is 1. The number of nitrogens with one attached hydrogen (secondary N) is 3. The van der Waals surface area contributed by atoms with Crippen molar-refractivity contribution < 1.29 is 14.3 Å². The van der Waals surface area contributed by atoms with Crippen LogP contribution in [0.3, 0.4) is 0 Å². The Morgan fingerprint density at radius 1 is 1.36 bits per heavy atom. The third kappa shape index (κ3) is 5.19. The number of benzene rings is 1. The van der Waals surface area contributed by atoms with Gasteiger partial charge in [-0.3, -0.25) is 9.59 Å². The Bertz CT molecular complexity index is 667. The molecule has 0 aromatic heterocycles. The van der Waals surface area contributed by atoms with E-state index in [1.165, 1.54) is 0 Å². The first-order valence-corrected chi connectivity index (χ1v) is 8.32. The number of carbonyl (C=O) groups is 2. The van der Waals surface area contributed by atoms with E-state index in [2.05, 4.69) is 22.0 Å². The van der Waals surface area contributed by atoms with E-state index in [0.29, 0.717) is 24.4 Å². The van der Waals surface area contributed by atoms with Crippen molar-refractivity contribution in [3.63, 3.8) is 0 Å². The van der Waals surface area contributed by atoms with E-state index in [9.17, 15) is 14.9 Å². The van der Waals surface area contributed by atoms with Crippen molar-refractivity contribution in [1.82, 2.24) is 10.6 Å². The minimum absolute atomic E-state index is 0.00758. The first-order chi connectivity index (χ1) is 12.0. The molecule has 1 aliphatic carbocycles. The molecular formula is C18H24N4O3. The molecule has 25 heavy (non-hydrogen) atoms. The van der Waals surface area contributed by atoms with Crippen LogP contribution in [0.2, 0.25) is 0 Å². The molecule has 1 aliphatic rings. The van der Waals surface area contributed by atoms with Gasteiger partial charge in [-0.25, -0.2) is 0 Å². The van der Waals surface area contributed by atoms with Crippen molar-refractivity contribution in [3.8, 4) is 6.07 Å². The standard InChI is InChI=1S/C18H24N4O3/c1-18(12-19,13-7-8-13)22-16(23)11-21-15-6-4-3-5-14(15)17(24)20-9-10-25-2/h3-6,13,21H,7-11H2,1-2H3,(H,20,24)(H,22,23). The van der Waals surface area contributed by atoms with Crippen LogP contribution >= 0.6 is 0 Å². The van der Waals surface area contributed by atoms with Gasteiger partial charge in [0.25, 0.3) is 5.91 Å². The first kappa shape index (κ1) is 18.7. The van der Waals surface area contributed by atoms with Gasteiger partial charge < -0.3 is 20.7 Å². The lowest BCUT2D eigenvalue weighted by Crippen LogP contribution is -2.48.